The average Bonchev–Trinajstić information content (AvgIpc) is 2.50. The standard InChI is InChI=1S/C16H28O6/c1-4-16(2,3)15(20)22-10-9-21-14(19)12-8-6-5-7-11(12)13(17)18/h11-13,17-18H,4-10H2,1-3H3. The zero-order chi connectivity index (χ0) is 16.8. The van der Waals surface area contributed by atoms with E-state index in [0.717, 1.165) is 12.8 Å². The molecule has 22 heavy (non-hydrogen) atoms. The summed E-state index contributed by atoms with van der Waals surface area (Å²) in [5.74, 6) is -1.71. The van der Waals surface area contributed by atoms with Gasteiger partial charge in [0.2, 0.25) is 0 Å². The van der Waals surface area contributed by atoms with E-state index in [0.29, 0.717) is 19.3 Å². The molecule has 128 valence electrons. The molecule has 6 nitrogen and oxygen atoms in total. The fraction of sp³-hybridized carbons (Fsp3) is 0.875. The molecule has 0 aromatic carbocycles. The summed E-state index contributed by atoms with van der Waals surface area (Å²) >= 11 is 0. The summed E-state index contributed by atoms with van der Waals surface area (Å²) in [6, 6.07) is 0. The molecule has 0 heterocycles. The van der Waals surface area contributed by atoms with Crippen LogP contribution in [-0.2, 0) is 19.1 Å². The third-order valence-corrected chi connectivity index (χ3v) is 4.50. The van der Waals surface area contributed by atoms with Gasteiger partial charge >= 0.3 is 11.9 Å². The molecule has 2 atom stereocenters. The van der Waals surface area contributed by atoms with E-state index in [-0.39, 0.29) is 19.2 Å². The summed E-state index contributed by atoms with van der Waals surface area (Å²) in [5.41, 5.74) is -0.542. The molecule has 1 saturated carbocycles. The van der Waals surface area contributed by atoms with Gasteiger partial charge in [0.05, 0.1) is 11.3 Å². The molecule has 0 amide bonds. The number of hydrogen-bond acceptors (Lipinski definition) is 6. The predicted octanol–water partition coefficient (Wildman–Crippen LogP) is 1.63. The highest BCUT2D eigenvalue weighted by Crippen LogP contribution is 2.32. The molecule has 2 N–H and O–H groups in total. The van der Waals surface area contributed by atoms with E-state index in [4.69, 9.17) is 9.47 Å². The summed E-state index contributed by atoms with van der Waals surface area (Å²) in [7, 11) is 0. The van der Waals surface area contributed by atoms with Gasteiger partial charge in [-0.3, -0.25) is 9.59 Å². The molecule has 0 radical (unpaired) electrons. The highest BCUT2D eigenvalue weighted by Gasteiger charge is 2.36. The van der Waals surface area contributed by atoms with E-state index < -0.39 is 29.5 Å². The SMILES string of the molecule is CCC(C)(C)C(=O)OCCOC(=O)C1CCCCC1C(O)O. The summed E-state index contributed by atoms with van der Waals surface area (Å²) < 4.78 is 10.2. The second-order valence-corrected chi connectivity index (χ2v) is 6.51. The van der Waals surface area contributed by atoms with E-state index >= 15 is 0 Å². The van der Waals surface area contributed by atoms with E-state index in [1.54, 1.807) is 13.8 Å². The minimum Gasteiger partial charge on any atom is -0.462 e. The second kappa shape index (κ2) is 8.48. The van der Waals surface area contributed by atoms with Crippen LogP contribution in [0.1, 0.15) is 52.9 Å². The summed E-state index contributed by atoms with van der Waals surface area (Å²) in [4.78, 5) is 23.8. The molecule has 0 saturated heterocycles. The number of carbonyl (C=O) groups excluding carboxylic acids is 2. The Kier molecular flexibility index (Phi) is 7.29. The molecule has 0 aliphatic heterocycles. The maximum absolute atomic E-state index is 12.0. The van der Waals surface area contributed by atoms with Gasteiger partial charge in [0.1, 0.15) is 13.2 Å². The quantitative estimate of drug-likeness (QED) is 0.421. The fourth-order valence-corrected chi connectivity index (χ4v) is 2.53. The molecule has 0 aromatic heterocycles. The average molecular weight is 316 g/mol. The number of ether oxygens (including phenoxy) is 2. The largest absolute Gasteiger partial charge is 0.462 e. The third-order valence-electron chi connectivity index (χ3n) is 4.50. The van der Waals surface area contributed by atoms with Crippen molar-refractivity contribution in [1.29, 1.82) is 0 Å². The molecule has 0 bridgehead atoms. The molecule has 6 heteroatoms. The zero-order valence-electron chi connectivity index (χ0n) is 13.7. The Morgan fingerprint density at radius 1 is 1.14 bits per heavy atom. The minimum absolute atomic E-state index is 0.00485. The molecule has 2 unspecified atom stereocenters. The summed E-state index contributed by atoms with van der Waals surface area (Å²) in [6.45, 7) is 5.53. The van der Waals surface area contributed by atoms with E-state index in [9.17, 15) is 19.8 Å². The number of aliphatic hydroxyl groups excluding tert-OH is 1. The van der Waals surface area contributed by atoms with Crippen molar-refractivity contribution in [2.75, 3.05) is 13.2 Å². The lowest BCUT2D eigenvalue weighted by molar-refractivity contribution is -0.168. The van der Waals surface area contributed by atoms with Crippen LogP contribution in [-0.4, -0.2) is 41.7 Å². The van der Waals surface area contributed by atoms with Gasteiger partial charge in [-0.2, -0.15) is 0 Å². The number of rotatable bonds is 7. The van der Waals surface area contributed by atoms with Crippen LogP contribution >= 0.6 is 0 Å². The molecular formula is C16H28O6. The Morgan fingerprint density at radius 2 is 1.73 bits per heavy atom. The van der Waals surface area contributed by atoms with Crippen molar-refractivity contribution in [3.8, 4) is 0 Å². The number of carbonyl (C=O) groups is 2. The molecule has 0 spiro atoms. The van der Waals surface area contributed by atoms with Crippen molar-refractivity contribution in [2.45, 2.75) is 59.2 Å². The third kappa shape index (κ3) is 5.25. The zero-order valence-corrected chi connectivity index (χ0v) is 13.7. The lowest BCUT2D eigenvalue weighted by atomic mass is 9.79. The van der Waals surface area contributed by atoms with Crippen molar-refractivity contribution in [3.05, 3.63) is 0 Å². The first kappa shape index (κ1) is 18.9. The van der Waals surface area contributed by atoms with Gasteiger partial charge in [-0.05, 0) is 33.1 Å². The Labute approximate surface area is 131 Å². The van der Waals surface area contributed by atoms with Crippen molar-refractivity contribution in [2.24, 2.45) is 17.3 Å². The van der Waals surface area contributed by atoms with Crippen LogP contribution in [0.4, 0.5) is 0 Å². The monoisotopic (exact) mass is 316 g/mol. The van der Waals surface area contributed by atoms with Gasteiger partial charge in [-0.25, -0.2) is 0 Å². The molecule has 0 aromatic rings. The van der Waals surface area contributed by atoms with Gasteiger partial charge in [-0.15, -0.1) is 0 Å². The van der Waals surface area contributed by atoms with Crippen LogP contribution in [0.25, 0.3) is 0 Å². The smallest absolute Gasteiger partial charge is 0.311 e. The van der Waals surface area contributed by atoms with Crippen LogP contribution in [0.2, 0.25) is 0 Å². The molecule has 1 aliphatic carbocycles. The lowest BCUT2D eigenvalue weighted by Gasteiger charge is -2.30. The Balaban J connectivity index is 2.35. The van der Waals surface area contributed by atoms with E-state index in [2.05, 4.69) is 0 Å². The first-order valence-corrected chi connectivity index (χ1v) is 7.99. The van der Waals surface area contributed by atoms with E-state index in [1.807, 2.05) is 6.92 Å². The first-order chi connectivity index (χ1) is 10.3. The van der Waals surface area contributed by atoms with Crippen molar-refractivity contribution in [3.63, 3.8) is 0 Å². The first-order valence-electron chi connectivity index (χ1n) is 7.99. The van der Waals surface area contributed by atoms with Crippen molar-refractivity contribution < 1.29 is 29.3 Å². The van der Waals surface area contributed by atoms with Gasteiger partial charge in [0, 0.05) is 5.92 Å². The Hall–Kier alpha value is -1.14. The van der Waals surface area contributed by atoms with Crippen LogP contribution in [0.3, 0.4) is 0 Å². The Bertz CT molecular complexity index is 377. The van der Waals surface area contributed by atoms with Gasteiger partial charge in [0.25, 0.3) is 0 Å². The molecule has 1 fully saturated rings. The highest BCUT2D eigenvalue weighted by molar-refractivity contribution is 5.76. The van der Waals surface area contributed by atoms with E-state index in [1.165, 1.54) is 0 Å². The van der Waals surface area contributed by atoms with Crippen LogP contribution in [0, 0.1) is 17.3 Å². The predicted molar refractivity (Wildman–Crippen MR) is 79.7 cm³/mol. The minimum atomic E-state index is -1.50. The maximum atomic E-state index is 12.0. The normalized spacial score (nSPS) is 22.5. The lowest BCUT2D eigenvalue weighted by Crippen LogP contribution is -2.36. The topological polar surface area (TPSA) is 93.1 Å². The van der Waals surface area contributed by atoms with Gasteiger partial charge < -0.3 is 19.7 Å². The molecular weight excluding hydrogens is 288 g/mol. The number of esters is 2. The maximum Gasteiger partial charge on any atom is 0.311 e. The van der Waals surface area contributed by atoms with Crippen LogP contribution in [0.15, 0.2) is 0 Å². The number of hydrogen-bond donors (Lipinski definition) is 2. The summed E-state index contributed by atoms with van der Waals surface area (Å²) in [5, 5.41) is 18.7. The Morgan fingerprint density at radius 3 is 2.32 bits per heavy atom. The van der Waals surface area contributed by atoms with Gasteiger partial charge in [0.15, 0.2) is 6.29 Å². The van der Waals surface area contributed by atoms with Crippen LogP contribution in [0.5, 0.6) is 0 Å². The number of aliphatic hydroxyl groups is 2. The molecule has 1 aliphatic rings. The summed E-state index contributed by atoms with van der Waals surface area (Å²) in [6.07, 6.45) is 2.14. The van der Waals surface area contributed by atoms with Crippen molar-refractivity contribution in [1.82, 2.24) is 0 Å². The fourth-order valence-electron chi connectivity index (χ4n) is 2.53. The van der Waals surface area contributed by atoms with Gasteiger partial charge in [-0.1, -0.05) is 19.8 Å². The highest BCUT2D eigenvalue weighted by atomic mass is 16.6. The van der Waals surface area contributed by atoms with Crippen LogP contribution < -0.4 is 0 Å². The molecule has 1 rings (SSSR count). The van der Waals surface area contributed by atoms with Crippen molar-refractivity contribution >= 4 is 11.9 Å². The second-order valence-electron chi connectivity index (χ2n) is 6.51.